The number of H-pyrrole nitrogens is 2. The van der Waals surface area contributed by atoms with Gasteiger partial charge in [0, 0.05) is 34.3 Å². The van der Waals surface area contributed by atoms with Crippen molar-refractivity contribution in [3.05, 3.63) is 82.3 Å². The predicted octanol–water partition coefficient (Wildman–Crippen LogP) is 3.32. The topological polar surface area (TPSA) is 134 Å². The Morgan fingerprint density at radius 1 is 1.10 bits per heavy atom. The molecule has 0 unspecified atom stereocenters. The van der Waals surface area contributed by atoms with Crippen LogP contribution in [0.1, 0.15) is 36.9 Å². The number of benzene rings is 2. The minimum atomic E-state index is -0.671. The Morgan fingerprint density at radius 2 is 1.90 bits per heavy atom. The van der Waals surface area contributed by atoms with Gasteiger partial charge in [0.15, 0.2) is 11.5 Å². The summed E-state index contributed by atoms with van der Waals surface area (Å²) in [7, 11) is 0. The van der Waals surface area contributed by atoms with Gasteiger partial charge in [0.1, 0.15) is 5.69 Å². The fourth-order valence-electron chi connectivity index (χ4n) is 3.08. The average Bonchev–Trinajstić information content (AvgIpc) is 3.37. The molecule has 2 aromatic carbocycles. The Kier molecular flexibility index (Phi) is 5.07. The normalized spacial score (nSPS) is 10.8. The van der Waals surface area contributed by atoms with Gasteiger partial charge in [-0.1, -0.05) is 29.8 Å². The second-order valence-corrected chi connectivity index (χ2v) is 7.05. The SMILES string of the molecule is NC(=O)c1n[nH]c2ccc(NC(=O)c3cc(C(=O)Cc4ccccc4Cl)c[nH]3)cc12. The van der Waals surface area contributed by atoms with E-state index in [-0.39, 0.29) is 23.6 Å². The molecule has 0 radical (unpaired) electrons. The quantitative estimate of drug-likeness (QED) is 0.355. The maximum absolute atomic E-state index is 12.6. The van der Waals surface area contributed by atoms with Crippen molar-refractivity contribution in [3.63, 3.8) is 0 Å². The van der Waals surface area contributed by atoms with E-state index in [1.54, 1.807) is 36.4 Å². The van der Waals surface area contributed by atoms with Crippen LogP contribution >= 0.6 is 11.6 Å². The predicted molar refractivity (Wildman–Crippen MR) is 113 cm³/mol. The summed E-state index contributed by atoms with van der Waals surface area (Å²) in [6.07, 6.45) is 1.62. The molecule has 8 nitrogen and oxygen atoms in total. The minimum absolute atomic E-state index is 0.0911. The van der Waals surface area contributed by atoms with Crippen LogP contribution in [0.2, 0.25) is 5.02 Å². The lowest BCUT2D eigenvalue weighted by molar-refractivity contribution is 0.0986. The number of aromatic amines is 2. The van der Waals surface area contributed by atoms with Gasteiger partial charge in [-0.2, -0.15) is 5.10 Å². The van der Waals surface area contributed by atoms with Gasteiger partial charge in [-0.15, -0.1) is 0 Å². The molecule has 0 bridgehead atoms. The molecule has 150 valence electrons. The molecule has 0 fully saturated rings. The Balaban J connectivity index is 1.50. The average molecular weight is 422 g/mol. The summed E-state index contributed by atoms with van der Waals surface area (Å²) in [5, 5.41) is 10.3. The summed E-state index contributed by atoms with van der Waals surface area (Å²) in [6, 6.07) is 13.5. The molecular weight excluding hydrogens is 406 g/mol. The molecule has 0 aliphatic rings. The second-order valence-electron chi connectivity index (χ2n) is 6.64. The number of carbonyl (C=O) groups excluding carboxylic acids is 3. The molecule has 2 aromatic heterocycles. The lowest BCUT2D eigenvalue weighted by atomic mass is 10.1. The number of primary amides is 1. The summed E-state index contributed by atoms with van der Waals surface area (Å²) in [5.41, 5.74) is 7.79. The van der Waals surface area contributed by atoms with Crippen molar-refractivity contribution in [3.8, 4) is 0 Å². The van der Waals surface area contributed by atoms with Crippen LogP contribution in [0, 0.1) is 0 Å². The number of rotatable bonds is 6. The van der Waals surface area contributed by atoms with Crippen LogP contribution in [0.3, 0.4) is 0 Å². The first kappa shape index (κ1) is 19.4. The van der Waals surface area contributed by atoms with Gasteiger partial charge >= 0.3 is 0 Å². The lowest BCUT2D eigenvalue weighted by Gasteiger charge is -2.04. The van der Waals surface area contributed by atoms with Crippen LogP contribution < -0.4 is 11.1 Å². The van der Waals surface area contributed by atoms with Gasteiger partial charge in [0.2, 0.25) is 0 Å². The molecule has 0 saturated carbocycles. The second kappa shape index (κ2) is 7.84. The van der Waals surface area contributed by atoms with Gasteiger partial charge in [-0.25, -0.2) is 0 Å². The van der Waals surface area contributed by atoms with Crippen LogP contribution in [0.15, 0.2) is 54.7 Å². The van der Waals surface area contributed by atoms with Crippen molar-refractivity contribution in [2.75, 3.05) is 5.32 Å². The monoisotopic (exact) mass is 421 g/mol. The third-order valence-corrected chi connectivity index (χ3v) is 4.98. The Labute approximate surface area is 175 Å². The van der Waals surface area contributed by atoms with Crippen LogP contribution in [0.5, 0.6) is 0 Å². The first-order valence-electron chi connectivity index (χ1n) is 8.96. The molecule has 0 saturated heterocycles. The maximum Gasteiger partial charge on any atom is 0.272 e. The van der Waals surface area contributed by atoms with Gasteiger partial charge in [-0.05, 0) is 35.9 Å². The molecule has 0 aliphatic heterocycles. The molecule has 30 heavy (non-hydrogen) atoms. The van der Waals surface area contributed by atoms with E-state index < -0.39 is 11.8 Å². The number of nitrogens with zero attached hydrogens (tertiary/aromatic N) is 1. The third-order valence-electron chi connectivity index (χ3n) is 4.61. The number of halogens is 1. The van der Waals surface area contributed by atoms with E-state index in [1.807, 2.05) is 6.07 Å². The lowest BCUT2D eigenvalue weighted by Crippen LogP contribution is -2.13. The highest BCUT2D eigenvalue weighted by Crippen LogP contribution is 2.21. The molecule has 5 N–H and O–H groups in total. The maximum atomic E-state index is 12.6. The number of ketones is 1. The third kappa shape index (κ3) is 3.81. The first-order valence-corrected chi connectivity index (χ1v) is 9.34. The van der Waals surface area contributed by atoms with Crippen molar-refractivity contribution in [1.29, 1.82) is 0 Å². The zero-order valence-corrected chi connectivity index (χ0v) is 16.3. The number of carbonyl (C=O) groups is 3. The first-order chi connectivity index (χ1) is 14.4. The molecule has 0 aliphatic carbocycles. The smallest absolute Gasteiger partial charge is 0.272 e. The highest BCUT2D eigenvalue weighted by Gasteiger charge is 2.16. The molecule has 9 heteroatoms. The number of anilines is 1. The zero-order valence-electron chi connectivity index (χ0n) is 15.5. The molecule has 4 rings (SSSR count). The zero-order chi connectivity index (χ0) is 21.3. The largest absolute Gasteiger partial charge is 0.364 e. The Bertz CT molecular complexity index is 1290. The molecule has 2 amide bonds. The summed E-state index contributed by atoms with van der Waals surface area (Å²) in [6.45, 7) is 0. The summed E-state index contributed by atoms with van der Waals surface area (Å²) in [5.74, 6) is -1.27. The van der Waals surface area contributed by atoms with Gasteiger partial charge in [0.05, 0.1) is 5.52 Å². The Hall–Kier alpha value is -3.91. The molecule has 2 heterocycles. The van der Waals surface area contributed by atoms with Crippen molar-refractivity contribution < 1.29 is 14.4 Å². The number of hydrogen-bond donors (Lipinski definition) is 4. The van der Waals surface area contributed by atoms with Gasteiger partial charge < -0.3 is 16.0 Å². The number of amides is 2. The van der Waals surface area contributed by atoms with Crippen molar-refractivity contribution in [2.45, 2.75) is 6.42 Å². The number of Topliss-reactive ketones (excluding diaryl/α,β-unsaturated/α-hetero) is 1. The van der Waals surface area contributed by atoms with Gasteiger partial charge in [0.25, 0.3) is 11.8 Å². The molecule has 4 aromatic rings. The number of fused-ring (bicyclic) bond motifs is 1. The number of hydrogen-bond acceptors (Lipinski definition) is 4. The van der Waals surface area contributed by atoms with E-state index in [0.29, 0.717) is 27.2 Å². The molecule has 0 atom stereocenters. The summed E-state index contributed by atoms with van der Waals surface area (Å²) in [4.78, 5) is 39.3. The van der Waals surface area contributed by atoms with Gasteiger partial charge in [-0.3, -0.25) is 19.5 Å². The van der Waals surface area contributed by atoms with Crippen LogP contribution in [0.4, 0.5) is 5.69 Å². The van der Waals surface area contributed by atoms with E-state index in [0.717, 1.165) is 5.56 Å². The molecule has 0 spiro atoms. The van der Waals surface area contributed by atoms with Crippen molar-refractivity contribution in [1.82, 2.24) is 15.2 Å². The van der Waals surface area contributed by atoms with Crippen molar-refractivity contribution in [2.24, 2.45) is 5.73 Å². The Morgan fingerprint density at radius 3 is 2.67 bits per heavy atom. The standard InChI is InChI=1S/C21H16ClN5O3/c22-15-4-2-1-3-11(15)8-18(28)12-7-17(24-10-12)21(30)25-13-5-6-16-14(9-13)19(20(23)29)27-26-16/h1-7,9-10,24H,8H2,(H2,23,29)(H,25,30)(H,26,27). The van der Waals surface area contributed by atoms with Crippen LogP contribution in [-0.2, 0) is 6.42 Å². The number of aromatic nitrogens is 3. The fourth-order valence-corrected chi connectivity index (χ4v) is 3.28. The van der Waals surface area contributed by atoms with Crippen molar-refractivity contribution >= 4 is 45.8 Å². The van der Waals surface area contributed by atoms with Crippen LogP contribution in [-0.4, -0.2) is 32.8 Å². The number of nitrogens with two attached hydrogens (primary N) is 1. The minimum Gasteiger partial charge on any atom is -0.364 e. The van der Waals surface area contributed by atoms with Crippen LogP contribution in [0.25, 0.3) is 10.9 Å². The highest BCUT2D eigenvalue weighted by atomic mass is 35.5. The fraction of sp³-hybridized carbons (Fsp3) is 0.0476. The van der Waals surface area contributed by atoms with E-state index in [1.165, 1.54) is 12.3 Å². The van der Waals surface area contributed by atoms with E-state index in [2.05, 4.69) is 20.5 Å². The molecular formula is C21H16ClN5O3. The van der Waals surface area contributed by atoms with E-state index >= 15 is 0 Å². The number of nitrogens with one attached hydrogen (secondary N) is 3. The van der Waals surface area contributed by atoms with E-state index in [9.17, 15) is 14.4 Å². The van der Waals surface area contributed by atoms with E-state index in [4.69, 9.17) is 17.3 Å². The summed E-state index contributed by atoms with van der Waals surface area (Å²) < 4.78 is 0. The highest BCUT2D eigenvalue weighted by molar-refractivity contribution is 6.31. The summed E-state index contributed by atoms with van der Waals surface area (Å²) >= 11 is 6.11.